The second kappa shape index (κ2) is 10.8. The van der Waals surface area contributed by atoms with E-state index in [-0.39, 0.29) is 17.9 Å². The number of nitrogens with one attached hydrogen (secondary N) is 1. The van der Waals surface area contributed by atoms with E-state index in [4.69, 9.17) is 20.9 Å². The van der Waals surface area contributed by atoms with E-state index in [2.05, 4.69) is 20.4 Å². The topological polar surface area (TPSA) is 80.5 Å². The quantitative estimate of drug-likeness (QED) is 0.516. The Kier molecular flexibility index (Phi) is 7.62. The molecule has 0 aliphatic carbocycles. The third-order valence-corrected chi connectivity index (χ3v) is 5.82. The Morgan fingerprint density at radius 3 is 2.70 bits per heavy atom. The van der Waals surface area contributed by atoms with Gasteiger partial charge in [-0.15, -0.1) is 0 Å². The van der Waals surface area contributed by atoms with Crippen molar-refractivity contribution in [1.82, 2.24) is 20.4 Å². The number of hydrogen-bond donors (Lipinski definition) is 1. The molecule has 1 aliphatic heterocycles. The zero-order valence-electron chi connectivity index (χ0n) is 19.0. The molecule has 1 amide bonds. The van der Waals surface area contributed by atoms with E-state index in [9.17, 15) is 4.79 Å². The normalized spacial score (nSPS) is 16.7. The summed E-state index contributed by atoms with van der Waals surface area (Å²) in [5.41, 5.74) is 1.90. The zero-order chi connectivity index (χ0) is 23.2. The molecule has 2 heterocycles. The van der Waals surface area contributed by atoms with Gasteiger partial charge in [-0.2, -0.15) is 4.98 Å². The average molecular weight is 469 g/mol. The molecule has 174 valence electrons. The van der Waals surface area contributed by atoms with Gasteiger partial charge in [0.15, 0.2) is 0 Å². The standard InChI is InChI=1S/C25H29ClN4O3/c1-17(2)32-22-11-5-18(6-12-22)14-27-25(31)20-4-3-13-30(15-20)16-23-28-24(29-33-23)19-7-9-21(26)10-8-19/h5-12,17,20H,3-4,13-16H2,1-2H3,(H,27,31). The highest BCUT2D eigenvalue weighted by Gasteiger charge is 2.26. The highest BCUT2D eigenvalue weighted by atomic mass is 35.5. The molecular weight excluding hydrogens is 440 g/mol. The van der Waals surface area contributed by atoms with E-state index >= 15 is 0 Å². The van der Waals surface area contributed by atoms with Crippen LogP contribution in [0, 0.1) is 5.92 Å². The van der Waals surface area contributed by atoms with Crippen LogP contribution in [-0.2, 0) is 17.9 Å². The van der Waals surface area contributed by atoms with Crippen LogP contribution in [0.5, 0.6) is 5.75 Å². The molecule has 8 heteroatoms. The molecule has 1 aliphatic rings. The highest BCUT2D eigenvalue weighted by Crippen LogP contribution is 2.22. The molecule has 0 spiro atoms. The number of carbonyl (C=O) groups is 1. The van der Waals surface area contributed by atoms with Gasteiger partial charge < -0.3 is 14.6 Å². The molecule has 0 radical (unpaired) electrons. The number of halogens is 1. The fourth-order valence-corrected chi connectivity index (χ4v) is 4.06. The van der Waals surface area contributed by atoms with Gasteiger partial charge in [0.05, 0.1) is 18.6 Å². The van der Waals surface area contributed by atoms with Crippen LogP contribution < -0.4 is 10.1 Å². The molecule has 1 fully saturated rings. The molecule has 0 bridgehead atoms. The van der Waals surface area contributed by atoms with Crippen LogP contribution in [0.15, 0.2) is 53.1 Å². The lowest BCUT2D eigenvalue weighted by Gasteiger charge is -2.30. The van der Waals surface area contributed by atoms with E-state index in [1.807, 2.05) is 50.2 Å². The monoisotopic (exact) mass is 468 g/mol. The number of aromatic nitrogens is 2. The van der Waals surface area contributed by atoms with E-state index in [1.165, 1.54) is 0 Å². The van der Waals surface area contributed by atoms with Gasteiger partial charge in [-0.25, -0.2) is 0 Å². The number of carbonyl (C=O) groups excluding carboxylic acids is 1. The minimum Gasteiger partial charge on any atom is -0.491 e. The van der Waals surface area contributed by atoms with Crippen molar-refractivity contribution in [3.63, 3.8) is 0 Å². The van der Waals surface area contributed by atoms with Crippen LogP contribution in [0.4, 0.5) is 0 Å². The molecule has 1 atom stereocenters. The van der Waals surface area contributed by atoms with Gasteiger partial charge in [-0.05, 0) is 75.2 Å². The maximum Gasteiger partial charge on any atom is 0.241 e. The van der Waals surface area contributed by atoms with Crippen molar-refractivity contribution in [2.75, 3.05) is 13.1 Å². The number of ether oxygens (including phenoxy) is 1. The smallest absolute Gasteiger partial charge is 0.241 e. The van der Waals surface area contributed by atoms with Crippen LogP contribution in [0.25, 0.3) is 11.4 Å². The Morgan fingerprint density at radius 1 is 1.21 bits per heavy atom. The van der Waals surface area contributed by atoms with Crippen LogP contribution in [0.1, 0.15) is 38.1 Å². The van der Waals surface area contributed by atoms with E-state index in [0.717, 1.165) is 36.3 Å². The summed E-state index contributed by atoms with van der Waals surface area (Å²) in [4.78, 5) is 19.5. The van der Waals surface area contributed by atoms with Crippen molar-refractivity contribution >= 4 is 17.5 Å². The molecule has 1 aromatic heterocycles. The predicted octanol–water partition coefficient (Wildman–Crippen LogP) is 4.71. The fourth-order valence-electron chi connectivity index (χ4n) is 3.93. The van der Waals surface area contributed by atoms with Gasteiger partial charge in [0.1, 0.15) is 5.75 Å². The SMILES string of the molecule is CC(C)Oc1ccc(CNC(=O)C2CCCN(Cc3nc(-c4ccc(Cl)cc4)no3)C2)cc1. The summed E-state index contributed by atoms with van der Waals surface area (Å²) in [7, 11) is 0. The zero-order valence-corrected chi connectivity index (χ0v) is 19.7. The first kappa shape index (κ1) is 23.3. The number of piperidine rings is 1. The number of likely N-dealkylation sites (tertiary alicyclic amines) is 1. The van der Waals surface area contributed by atoms with Crippen LogP contribution in [0.3, 0.4) is 0 Å². The largest absolute Gasteiger partial charge is 0.491 e. The van der Waals surface area contributed by atoms with Gasteiger partial charge >= 0.3 is 0 Å². The maximum absolute atomic E-state index is 12.8. The number of benzene rings is 2. The van der Waals surface area contributed by atoms with Crippen molar-refractivity contribution in [1.29, 1.82) is 0 Å². The summed E-state index contributed by atoms with van der Waals surface area (Å²) < 4.78 is 11.1. The molecule has 1 unspecified atom stereocenters. The predicted molar refractivity (Wildman–Crippen MR) is 127 cm³/mol. The molecule has 2 aromatic carbocycles. The van der Waals surface area contributed by atoms with E-state index in [0.29, 0.717) is 36.4 Å². The summed E-state index contributed by atoms with van der Waals surface area (Å²) in [6.07, 6.45) is 1.97. The van der Waals surface area contributed by atoms with Crippen molar-refractivity contribution in [3.05, 3.63) is 65.0 Å². The Hall–Kier alpha value is -2.90. The Bertz CT molecular complexity index is 1050. The summed E-state index contributed by atoms with van der Waals surface area (Å²) >= 11 is 5.94. The maximum atomic E-state index is 12.8. The lowest BCUT2D eigenvalue weighted by Crippen LogP contribution is -2.42. The summed E-state index contributed by atoms with van der Waals surface area (Å²) in [5.74, 6) is 1.95. The van der Waals surface area contributed by atoms with Crippen molar-refractivity contribution in [2.45, 2.75) is 45.9 Å². The molecule has 1 N–H and O–H groups in total. The van der Waals surface area contributed by atoms with Crippen molar-refractivity contribution in [2.24, 2.45) is 5.92 Å². The molecule has 1 saturated heterocycles. The minimum atomic E-state index is -0.0547. The minimum absolute atomic E-state index is 0.0547. The lowest BCUT2D eigenvalue weighted by atomic mass is 9.97. The van der Waals surface area contributed by atoms with Crippen molar-refractivity contribution < 1.29 is 14.1 Å². The summed E-state index contributed by atoms with van der Waals surface area (Å²) in [6.45, 7) is 6.61. The summed E-state index contributed by atoms with van der Waals surface area (Å²) in [6, 6.07) is 15.2. The highest BCUT2D eigenvalue weighted by molar-refractivity contribution is 6.30. The summed E-state index contributed by atoms with van der Waals surface area (Å²) in [5, 5.41) is 7.82. The molecule has 0 saturated carbocycles. The van der Waals surface area contributed by atoms with Gasteiger partial charge in [0.2, 0.25) is 17.6 Å². The molecule has 33 heavy (non-hydrogen) atoms. The first-order valence-corrected chi connectivity index (χ1v) is 11.7. The van der Waals surface area contributed by atoms with Gasteiger partial charge in [-0.3, -0.25) is 9.69 Å². The third-order valence-electron chi connectivity index (χ3n) is 5.57. The average Bonchev–Trinajstić information content (AvgIpc) is 3.27. The Labute approximate surface area is 199 Å². The van der Waals surface area contributed by atoms with E-state index in [1.54, 1.807) is 12.1 Å². The van der Waals surface area contributed by atoms with Gasteiger partial charge in [0.25, 0.3) is 0 Å². The van der Waals surface area contributed by atoms with Crippen LogP contribution in [0.2, 0.25) is 5.02 Å². The molecule has 7 nitrogen and oxygen atoms in total. The lowest BCUT2D eigenvalue weighted by molar-refractivity contribution is -0.127. The van der Waals surface area contributed by atoms with Crippen LogP contribution in [-0.4, -0.2) is 40.1 Å². The van der Waals surface area contributed by atoms with Gasteiger partial charge in [-0.1, -0.05) is 28.9 Å². The number of hydrogen-bond acceptors (Lipinski definition) is 6. The van der Waals surface area contributed by atoms with E-state index < -0.39 is 0 Å². The van der Waals surface area contributed by atoms with Crippen molar-refractivity contribution in [3.8, 4) is 17.1 Å². The number of amides is 1. The first-order valence-electron chi connectivity index (χ1n) is 11.3. The molecular formula is C25H29ClN4O3. The Morgan fingerprint density at radius 2 is 1.97 bits per heavy atom. The van der Waals surface area contributed by atoms with Crippen LogP contribution >= 0.6 is 11.6 Å². The fraction of sp³-hybridized carbons (Fsp3) is 0.400. The second-order valence-electron chi connectivity index (χ2n) is 8.62. The molecule has 3 aromatic rings. The first-order chi connectivity index (χ1) is 16.0. The second-order valence-corrected chi connectivity index (χ2v) is 9.06. The Balaban J connectivity index is 1.27. The molecule has 4 rings (SSSR count). The van der Waals surface area contributed by atoms with Gasteiger partial charge in [0, 0.05) is 23.7 Å². The number of nitrogens with zero attached hydrogens (tertiary/aromatic N) is 3. The number of rotatable bonds is 8. The third kappa shape index (κ3) is 6.55.